The van der Waals surface area contributed by atoms with Gasteiger partial charge in [-0.25, -0.2) is 4.68 Å². The van der Waals surface area contributed by atoms with Gasteiger partial charge in [-0.15, -0.1) is 5.10 Å². The van der Waals surface area contributed by atoms with Gasteiger partial charge >= 0.3 is 0 Å². The maximum absolute atomic E-state index is 4.42. The maximum atomic E-state index is 4.42. The number of nitrogens with zero attached hydrogens (tertiary/aromatic N) is 3. The Hall–Kier alpha value is -2.42. The Morgan fingerprint density at radius 1 is 0.909 bits per heavy atom. The van der Waals surface area contributed by atoms with E-state index in [0.29, 0.717) is 6.04 Å². The number of aryl methyl sites for hydroxylation is 1. The van der Waals surface area contributed by atoms with Crippen molar-refractivity contribution in [3.63, 3.8) is 0 Å². The molecule has 3 nitrogen and oxygen atoms in total. The molecule has 4 rings (SSSR count). The SMILES string of the molecule is c1ccc(-c2cn(C3CCCCc4ccccc43)nn2)cc1. The Balaban J connectivity index is 1.72. The van der Waals surface area contributed by atoms with Crippen LogP contribution in [-0.2, 0) is 6.42 Å². The summed E-state index contributed by atoms with van der Waals surface area (Å²) >= 11 is 0. The van der Waals surface area contributed by atoms with E-state index in [0.717, 1.165) is 17.7 Å². The topological polar surface area (TPSA) is 30.7 Å². The van der Waals surface area contributed by atoms with E-state index in [4.69, 9.17) is 0 Å². The molecule has 110 valence electrons. The van der Waals surface area contributed by atoms with E-state index in [9.17, 15) is 0 Å². The molecule has 0 aliphatic heterocycles. The summed E-state index contributed by atoms with van der Waals surface area (Å²) in [4.78, 5) is 0. The van der Waals surface area contributed by atoms with E-state index in [1.54, 1.807) is 0 Å². The maximum Gasteiger partial charge on any atom is 0.113 e. The van der Waals surface area contributed by atoms with Gasteiger partial charge in [0.1, 0.15) is 5.69 Å². The second-order valence-electron chi connectivity index (χ2n) is 5.91. The summed E-state index contributed by atoms with van der Waals surface area (Å²) < 4.78 is 2.05. The molecule has 22 heavy (non-hydrogen) atoms. The zero-order chi connectivity index (χ0) is 14.8. The van der Waals surface area contributed by atoms with Crippen molar-refractivity contribution >= 4 is 0 Å². The predicted molar refractivity (Wildman–Crippen MR) is 87.6 cm³/mol. The van der Waals surface area contributed by atoms with Crippen molar-refractivity contribution in [2.75, 3.05) is 0 Å². The Morgan fingerprint density at radius 3 is 2.64 bits per heavy atom. The average Bonchev–Trinajstić information content (AvgIpc) is 2.96. The van der Waals surface area contributed by atoms with Crippen LogP contribution in [0.15, 0.2) is 60.8 Å². The van der Waals surface area contributed by atoms with Crippen molar-refractivity contribution in [2.45, 2.75) is 31.7 Å². The summed E-state index contributed by atoms with van der Waals surface area (Å²) in [5.41, 5.74) is 4.93. The van der Waals surface area contributed by atoms with Gasteiger partial charge in [-0.1, -0.05) is 66.2 Å². The molecular weight excluding hydrogens is 270 g/mol. The molecule has 0 radical (unpaired) electrons. The standard InChI is InChI=1S/C19H19N3/c1-2-10-16(11-3-1)18-14-22(21-20-18)19-13-7-5-9-15-8-4-6-12-17(15)19/h1-4,6,8,10-12,14,19H,5,7,9,13H2. The number of benzene rings is 2. The first-order valence-electron chi connectivity index (χ1n) is 7.97. The monoisotopic (exact) mass is 289 g/mol. The first-order valence-corrected chi connectivity index (χ1v) is 7.97. The van der Waals surface area contributed by atoms with E-state index in [2.05, 4.69) is 52.9 Å². The van der Waals surface area contributed by atoms with Crippen molar-refractivity contribution in [1.82, 2.24) is 15.0 Å². The molecule has 0 amide bonds. The fourth-order valence-corrected chi connectivity index (χ4v) is 3.34. The van der Waals surface area contributed by atoms with Gasteiger partial charge in [0, 0.05) is 5.56 Å². The van der Waals surface area contributed by atoms with Crippen LogP contribution < -0.4 is 0 Å². The molecule has 3 heteroatoms. The molecule has 1 aromatic heterocycles. The minimum atomic E-state index is 0.309. The second-order valence-corrected chi connectivity index (χ2v) is 5.91. The number of hydrogen-bond donors (Lipinski definition) is 0. The lowest BCUT2D eigenvalue weighted by molar-refractivity contribution is 0.468. The highest BCUT2D eigenvalue weighted by Gasteiger charge is 2.21. The van der Waals surface area contributed by atoms with Crippen molar-refractivity contribution in [3.05, 3.63) is 71.9 Å². The summed E-state index contributed by atoms with van der Waals surface area (Å²) in [6.07, 6.45) is 6.89. The molecule has 0 saturated heterocycles. The Kier molecular flexibility index (Phi) is 3.47. The van der Waals surface area contributed by atoms with E-state index in [-0.39, 0.29) is 0 Å². The Morgan fingerprint density at radius 2 is 1.73 bits per heavy atom. The van der Waals surface area contributed by atoms with Gasteiger partial charge < -0.3 is 0 Å². The van der Waals surface area contributed by atoms with Crippen LogP contribution in [0.4, 0.5) is 0 Å². The molecule has 3 aromatic rings. The number of rotatable bonds is 2. The molecule has 0 N–H and O–H groups in total. The second kappa shape index (κ2) is 5.76. The van der Waals surface area contributed by atoms with E-state index >= 15 is 0 Å². The van der Waals surface area contributed by atoms with Crippen LogP contribution in [0.3, 0.4) is 0 Å². The van der Waals surface area contributed by atoms with Gasteiger partial charge in [0.25, 0.3) is 0 Å². The van der Waals surface area contributed by atoms with Gasteiger partial charge in [0.05, 0.1) is 12.2 Å². The Bertz CT molecular complexity index is 761. The summed E-state index contributed by atoms with van der Waals surface area (Å²) in [5.74, 6) is 0. The molecule has 1 aliphatic rings. The van der Waals surface area contributed by atoms with Crippen LogP contribution >= 0.6 is 0 Å². The highest BCUT2D eigenvalue weighted by Crippen LogP contribution is 2.31. The minimum Gasteiger partial charge on any atom is -0.244 e. The molecule has 1 heterocycles. The van der Waals surface area contributed by atoms with E-state index in [1.165, 1.54) is 30.4 Å². The van der Waals surface area contributed by atoms with Crippen molar-refractivity contribution in [1.29, 1.82) is 0 Å². The molecule has 2 aromatic carbocycles. The molecular formula is C19H19N3. The molecule has 0 spiro atoms. The molecule has 0 bridgehead atoms. The fourth-order valence-electron chi connectivity index (χ4n) is 3.34. The zero-order valence-electron chi connectivity index (χ0n) is 12.5. The van der Waals surface area contributed by atoms with Gasteiger partial charge in [0.15, 0.2) is 0 Å². The lowest BCUT2D eigenvalue weighted by Gasteiger charge is -2.17. The number of aromatic nitrogens is 3. The van der Waals surface area contributed by atoms with Crippen LogP contribution in [-0.4, -0.2) is 15.0 Å². The normalized spacial score (nSPS) is 17.7. The average molecular weight is 289 g/mol. The lowest BCUT2D eigenvalue weighted by Crippen LogP contribution is -2.12. The van der Waals surface area contributed by atoms with E-state index in [1.807, 2.05) is 22.9 Å². The molecule has 0 fully saturated rings. The highest BCUT2D eigenvalue weighted by atomic mass is 15.4. The number of hydrogen-bond acceptors (Lipinski definition) is 2. The van der Waals surface area contributed by atoms with Crippen LogP contribution in [0, 0.1) is 0 Å². The zero-order valence-corrected chi connectivity index (χ0v) is 12.5. The summed E-state index contributed by atoms with van der Waals surface area (Å²) in [5, 5.41) is 8.80. The van der Waals surface area contributed by atoms with Gasteiger partial charge in [0.2, 0.25) is 0 Å². The molecule has 1 aliphatic carbocycles. The Labute approximate surface area is 130 Å². The molecule has 1 unspecified atom stereocenters. The van der Waals surface area contributed by atoms with Crippen LogP contribution in [0.2, 0.25) is 0 Å². The summed E-state index contributed by atoms with van der Waals surface area (Å²) in [6.45, 7) is 0. The van der Waals surface area contributed by atoms with Crippen molar-refractivity contribution in [3.8, 4) is 11.3 Å². The molecule has 1 atom stereocenters. The third kappa shape index (κ3) is 2.43. The van der Waals surface area contributed by atoms with Crippen molar-refractivity contribution in [2.24, 2.45) is 0 Å². The summed E-state index contributed by atoms with van der Waals surface area (Å²) in [6, 6.07) is 19.3. The third-order valence-corrected chi connectivity index (χ3v) is 4.49. The van der Waals surface area contributed by atoms with Crippen molar-refractivity contribution < 1.29 is 0 Å². The minimum absolute atomic E-state index is 0.309. The lowest BCUT2D eigenvalue weighted by atomic mass is 9.99. The fraction of sp³-hybridized carbons (Fsp3) is 0.263. The van der Waals surface area contributed by atoms with Gasteiger partial charge in [-0.2, -0.15) is 0 Å². The van der Waals surface area contributed by atoms with Crippen LogP contribution in [0.25, 0.3) is 11.3 Å². The molecule has 0 saturated carbocycles. The van der Waals surface area contributed by atoms with E-state index < -0.39 is 0 Å². The van der Waals surface area contributed by atoms with Crippen LogP contribution in [0.1, 0.15) is 36.4 Å². The highest BCUT2D eigenvalue weighted by molar-refractivity contribution is 5.57. The quantitative estimate of drug-likeness (QED) is 0.660. The van der Waals surface area contributed by atoms with Gasteiger partial charge in [-0.05, 0) is 30.4 Å². The number of fused-ring (bicyclic) bond motifs is 1. The third-order valence-electron chi connectivity index (χ3n) is 4.49. The van der Waals surface area contributed by atoms with Gasteiger partial charge in [-0.3, -0.25) is 0 Å². The first-order chi connectivity index (χ1) is 10.9. The van der Waals surface area contributed by atoms with Crippen LogP contribution in [0.5, 0.6) is 0 Å². The predicted octanol–water partition coefficient (Wildman–Crippen LogP) is 4.26. The smallest absolute Gasteiger partial charge is 0.113 e. The largest absolute Gasteiger partial charge is 0.244 e. The summed E-state index contributed by atoms with van der Waals surface area (Å²) in [7, 11) is 0. The first kappa shape index (κ1) is 13.3.